The average Bonchev–Trinajstić information content (AvgIpc) is 3.28. The van der Waals surface area contributed by atoms with Crippen LogP contribution in [0.3, 0.4) is 0 Å². The number of halogens is 2. The molecule has 0 atom stereocenters. The van der Waals surface area contributed by atoms with Gasteiger partial charge >= 0.3 is 0 Å². The zero-order valence-corrected chi connectivity index (χ0v) is 24.3. The molecule has 0 amide bonds. The maximum atomic E-state index is 6.82. The molecule has 2 aliphatic rings. The Labute approximate surface area is 240 Å². The molecule has 7 nitrogen and oxygen atoms in total. The van der Waals surface area contributed by atoms with Crippen molar-refractivity contribution in [2.75, 3.05) is 56.5 Å². The zero-order chi connectivity index (χ0) is 27.1. The normalized spacial score (nSPS) is 17.7. The number of nitrogens with zero attached hydrogens (tertiary/aromatic N) is 6. The first-order valence-corrected chi connectivity index (χ1v) is 14.4. The molecule has 0 radical (unpaired) electrons. The number of para-hydroxylation sites is 1. The molecule has 2 aromatic carbocycles. The minimum Gasteiger partial charge on any atom is -0.371 e. The Morgan fingerprint density at radius 3 is 2.44 bits per heavy atom. The third-order valence-corrected chi connectivity index (χ3v) is 8.88. The molecule has 0 spiro atoms. The first-order chi connectivity index (χ1) is 18.9. The van der Waals surface area contributed by atoms with Crippen molar-refractivity contribution in [3.05, 3.63) is 64.4 Å². The van der Waals surface area contributed by atoms with Crippen LogP contribution in [0.1, 0.15) is 18.4 Å². The van der Waals surface area contributed by atoms with Crippen LogP contribution in [0.15, 0.2) is 48.8 Å². The molecule has 0 saturated carbocycles. The van der Waals surface area contributed by atoms with Crippen molar-refractivity contribution in [1.29, 1.82) is 0 Å². The summed E-state index contributed by atoms with van der Waals surface area (Å²) >= 11 is 13.4. The van der Waals surface area contributed by atoms with Gasteiger partial charge in [-0.25, -0.2) is 9.97 Å². The number of piperazine rings is 1. The lowest BCUT2D eigenvalue weighted by Gasteiger charge is -2.43. The van der Waals surface area contributed by atoms with Gasteiger partial charge in [-0.2, -0.15) is 0 Å². The van der Waals surface area contributed by atoms with E-state index in [4.69, 9.17) is 28.2 Å². The van der Waals surface area contributed by atoms with Crippen molar-refractivity contribution in [3.63, 3.8) is 0 Å². The summed E-state index contributed by atoms with van der Waals surface area (Å²) in [5.74, 6) is 0.462. The van der Waals surface area contributed by atoms with E-state index in [1.807, 2.05) is 19.2 Å². The fourth-order valence-corrected chi connectivity index (χ4v) is 6.43. The third kappa shape index (κ3) is 5.33. The van der Waals surface area contributed by atoms with Gasteiger partial charge in [-0.1, -0.05) is 41.4 Å². The van der Waals surface area contributed by atoms with E-state index in [-0.39, 0.29) is 0 Å². The maximum absolute atomic E-state index is 6.82. The second-order valence-electron chi connectivity index (χ2n) is 10.9. The molecule has 6 rings (SSSR count). The van der Waals surface area contributed by atoms with Gasteiger partial charge in [0.05, 0.1) is 27.6 Å². The fourth-order valence-electron chi connectivity index (χ4n) is 6.03. The van der Waals surface area contributed by atoms with E-state index in [9.17, 15) is 0 Å². The van der Waals surface area contributed by atoms with Crippen molar-refractivity contribution in [2.24, 2.45) is 7.05 Å². The van der Waals surface area contributed by atoms with Crippen LogP contribution in [0.2, 0.25) is 10.0 Å². The Kier molecular flexibility index (Phi) is 7.42. The van der Waals surface area contributed by atoms with E-state index in [0.717, 1.165) is 35.2 Å². The number of aromatic nitrogens is 3. The van der Waals surface area contributed by atoms with Crippen LogP contribution < -0.4 is 10.2 Å². The van der Waals surface area contributed by atoms with Gasteiger partial charge in [-0.15, -0.1) is 0 Å². The number of hydrogen-bond donors (Lipinski definition) is 1. The first kappa shape index (κ1) is 26.4. The molecule has 2 saturated heterocycles. The molecule has 4 heterocycles. The Morgan fingerprint density at radius 1 is 0.923 bits per heavy atom. The molecular weight excluding hydrogens is 529 g/mol. The molecule has 4 aromatic rings. The second-order valence-corrected chi connectivity index (χ2v) is 11.7. The summed E-state index contributed by atoms with van der Waals surface area (Å²) in [5.41, 5.74) is 5.97. The smallest absolute Gasteiger partial charge is 0.227 e. The average molecular weight is 565 g/mol. The molecule has 2 aliphatic heterocycles. The Bertz CT molecular complexity index is 1480. The number of nitrogens with one attached hydrogen (secondary N) is 1. The van der Waals surface area contributed by atoms with Crippen molar-refractivity contribution in [1.82, 2.24) is 24.3 Å². The number of aryl methyl sites for hydroxylation is 2. The lowest BCUT2D eigenvalue weighted by Crippen LogP contribution is -2.52. The summed E-state index contributed by atoms with van der Waals surface area (Å²) in [6.07, 6.45) is 6.09. The molecule has 0 unspecified atom stereocenters. The van der Waals surface area contributed by atoms with E-state index in [2.05, 4.69) is 74.0 Å². The van der Waals surface area contributed by atoms with Crippen molar-refractivity contribution in [3.8, 4) is 11.3 Å². The standard InChI is InChI=1S/C30H35Cl2N7/c1-20-16-26(24(31)17-28(20)39-10-8-21(9-11-39)38-14-12-36(2)13-15-38)34-30-33-18-25(32)29(35-30)23-19-37(3)27-7-5-4-6-22(23)27/h4-7,16-19,21H,8-15H2,1-3H3,(H,33,34,35). The highest BCUT2D eigenvalue weighted by molar-refractivity contribution is 6.34. The largest absolute Gasteiger partial charge is 0.371 e. The summed E-state index contributed by atoms with van der Waals surface area (Å²) in [6, 6.07) is 13.1. The highest BCUT2D eigenvalue weighted by Gasteiger charge is 2.27. The van der Waals surface area contributed by atoms with Crippen molar-refractivity contribution < 1.29 is 0 Å². The maximum Gasteiger partial charge on any atom is 0.227 e. The van der Waals surface area contributed by atoms with Crippen LogP contribution in [-0.2, 0) is 7.05 Å². The van der Waals surface area contributed by atoms with Gasteiger partial charge in [0.25, 0.3) is 0 Å². The lowest BCUT2D eigenvalue weighted by molar-refractivity contribution is 0.0982. The fraction of sp³-hybridized carbons (Fsp3) is 0.400. The van der Waals surface area contributed by atoms with Crippen LogP contribution in [0, 0.1) is 6.92 Å². The van der Waals surface area contributed by atoms with Crippen molar-refractivity contribution in [2.45, 2.75) is 25.8 Å². The zero-order valence-electron chi connectivity index (χ0n) is 22.8. The van der Waals surface area contributed by atoms with E-state index < -0.39 is 0 Å². The van der Waals surface area contributed by atoms with Gasteiger partial charge in [-0.3, -0.25) is 4.90 Å². The van der Waals surface area contributed by atoms with Crippen LogP contribution in [0.25, 0.3) is 22.2 Å². The van der Waals surface area contributed by atoms with Crippen LogP contribution in [0.4, 0.5) is 17.3 Å². The quantitative estimate of drug-likeness (QED) is 0.311. The van der Waals surface area contributed by atoms with Gasteiger partial charge < -0.3 is 19.7 Å². The minimum atomic E-state index is 0.462. The van der Waals surface area contributed by atoms with Gasteiger partial charge in [0.15, 0.2) is 0 Å². The number of likely N-dealkylation sites (N-methyl/N-ethyl adjacent to an activating group) is 1. The molecule has 1 N–H and O–H groups in total. The third-order valence-electron chi connectivity index (χ3n) is 8.29. The monoisotopic (exact) mass is 563 g/mol. The Hall–Kier alpha value is -2.84. The predicted molar refractivity (Wildman–Crippen MR) is 163 cm³/mol. The van der Waals surface area contributed by atoms with Crippen molar-refractivity contribution >= 4 is 51.4 Å². The molecule has 204 valence electrons. The number of fused-ring (bicyclic) bond motifs is 1. The summed E-state index contributed by atoms with van der Waals surface area (Å²) in [7, 11) is 4.24. The Balaban J connectivity index is 1.19. The van der Waals surface area contributed by atoms with Crippen LogP contribution >= 0.6 is 23.2 Å². The number of rotatable bonds is 5. The predicted octanol–water partition coefficient (Wildman–Crippen LogP) is 6.21. The number of benzene rings is 2. The molecule has 0 aliphatic carbocycles. The second kappa shape index (κ2) is 11.0. The molecule has 39 heavy (non-hydrogen) atoms. The molecule has 2 fully saturated rings. The van der Waals surface area contributed by atoms with Gasteiger partial charge in [-0.05, 0) is 50.6 Å². The molecule has 0 bridgehead atoms. The van der Waals surface area contributed by atoms with E-state index in [1.54, 1.807) is 6.20 Å². The molecule has 2 aromatic heterocycles. The number of piperidine rings is 1. The summed E-state index contributed by atoms with van der Waals surface area (Å²) in [6.45, 7) is 8.95. The lowest BCUT2D eigenvalue weighted by atomic mass is 10.0. The first-order valence-electron chi connectivity index (χ1n) is 13.7. The topological polar surface area (TPSA) is 52.5 Å². The van der Waals surface area contributed by atoms with Crippen LogP contribution in [0.5, 0.6) is 0 Å². The summed E-state index contributed by atoms with van der Waals surface area (Å²) < 4.78 is 2.09. The van der Waals surface area contributed by atoms with E-state index in [0.29, 0.717) is 27.7 Å². The number of anilines is 3. The van der Waals surface area contributed by atoms with E-state index in [1.165, 1.54) is 50.3 Å². The summed E-state index contributed by atoms with van der Waals surface area (Å²) in [4.78, 5) is 16.8. The van der Waals surface area contributed by atoms with Crippen LogP contribution in [-0.4, -0.2) is 76.7 Å². The summed E-state index contributed by atoms with van der Waals surface area (Å²) in [5, 5.41) is 5.60. The van der Waals surface area contributed by atoms with Gasteiger partial charge in [0.2, 0.25) is 5.95 Å². The molecular formula is C30H35Cl2N7. The highest BCUT2D eigenvalue weighted by atomic mass is 35.5. The minimum absolute atomic E-state index is 0.462. The van der Waals surface area contributed by atoms with E-state index >= 15 is 0 Å². The van der Waals surface area contributed by atoms with Gasteiger partial charge in [0, 0.05) is 80.7 Å². The molecule has 9 heteroatoms. The number of hydrogen-bond acceptors (Lipinski definition) is 6. The van der Waals surface area contributed by atoms with Gasteiger partial charge in [0.1, 0.15) is 0 Å². The SMILES string of the molecule is Cc1cc(Nc2ncc(Cl)c(-c3cn(C)c4ccccc34)n2)c(Cl)cc1N1CCC(N2CCN(C)CC2)CC1. The highest BCUT2D eigenvalue weighted by Crippen LogP contribution is 2.36. The Morgan fingerprint density at radius 2 is 1.67 bits per heavy atom.